The van der Waals surface area contributed by atoms with Crippen molar-refractivity contribution in [2.24, 2.45) is 7.05 Å². The van der Waals surface area contributed by atoms with Crippen LogP contribution in [0.25, 0.3) is 0 Å². The minimum atomic E-state index is -0.175. The zero-order valence-electron chi connectivity index (χ0n) is 7.05. The third-order valence-electron chi connectivity index (χ3n) is 2.26. The van der Waals surface area contributed by atoms with Crippen molar-refractivity contribution in [1.82, 2.24) is 15.1 Å². The van der Waals surface area contributed by atoms with E-state index in [1.807, 2.05) is 0 Å². The lowest BCUT2D eigenvalue weighted by Gasteiger charge is -2.02. The molecule has 1 saturated heterocycles. The van der Waals surface area contributed by atoms with E-state index in [4.69, 9.17) is 0 Å². The highest BCUT2D eigenvalue weighted by atomic mass is 19.1. The fraction of sp³-hybridized carbons (Fsp3) is 0.625. The number of nitrogens with one attached hydrogen (secondary N) is 1. The SMILES string of the molecule is Cn1cc(F)c(C2CCNC2)n1. The molecule has 0 radical (unpaired) electrons. The monoisotopic (exact) mass is 169 g/mol. The second-order valence-corrected chi connectivity index (χ2v) is 3.23. The van der Waals surface area contributed by atoms with Crippen LogP contribution in [-0.4, -0.2) is 22.9 Å². The van der Waals surface area contributed by atoms with E-state index in [9.17, 15) is 4.39 Å². The molecule has 0 spiro atoms. The first-order valence-corrected chi connectivity index (χ1v) is 4.17. The van der Waals surface area contributed by atoms with Crippen LogP contribution in [0.4, 0.5) is 4.39 Å². The predicted molar refractivity (Wildman–Crippen MR) is 43.4 cm³/mol. The van der Waals surface area contributed by atoms with Crippen molar-refractivity contribution in [3.63, 3.8) is 0 Å². The number of hydrogen-bond acceptors (Lipinski definition) is 2. The Morgan fingerprint density at radius 1 is 1.75 bits per heavy atom. The van der Waals surface area contributed by atoms with E-state index in [1.165, 1.54) is 10.9 Å². The molecule has 0 saturated carbocycles. The molecule has 12 heavy (non-hydrogen) atoms. The van der Waals surface area contributed by atoms with Crippen LogP contribution in [0, 0.1) is 5.82 Å². The van der Waals surface area contributed by atoms with Gasteiger partial charge in [-0.05, 0) is 13.0 Å². The fourth-order valence-corrected chi connectivity index (χ4v) is 1.64. The van der Waals surface area contributed by atoms with Gasteiger partial charge in [-0.1, -0.05) is 0 Å². The summed E-state index contributed by atoms with van der Waals surface area (Å²) in [6.07, 6.45) is 2.42. The van der Waals surface area contributed by atoms with Crippen LogP contribution >= 0.6 is 0 Å². The normalized spacial score (nSPS) is 23.3. The Kier molecular flexibility index (Phi) is 1.84. The molecular weight excluding hydrogens is 157 g/mol. The third kappa shape index (κ3) is 1.22. The second kappa shape index (κ2) is 2.86. The molecule has 2 rings (SSSR count). The smallest absolute Gasteiger partial charge is 0.164 e. The Balaban J connectivity index is 2.25. The number of nitrogens with zero attached hydrogens (tertiary/aromatic N) is 2. The van der Waals surface area contributed by atoms with Gasteiger partial charge in [0.05, 0.1) is 6.20 Å². The minimum Gasteiger partial charge on any atom is -0.316 e. The Bertz CT molecular complexity index is 276. The molecular formula is C8H12FN3. The average Bonchev–Trinajstić information content (AvgIpc) is 2.58. The van der Waals surface area contributed by atoms with Gasteiger partial charge in [0.15, 0.2) is 5.82 Å². The Labute approximate surface area is 70.6 Å². The van der Waals surface area contributed by atoms with Gasteiger partial charge in [0.1, 0.15) is 5.69 Å². The van der Waals surface area contributed by atoms with Crippen molar-refractivity contribution in [1.29, 1.82) is 0 Å². The molecule has 1 fully saturated rings. The van der Waals surface area contributed by atoms with Crippen LogP contribution in [-0.2, 0) is 7.05 Å². The van der Waals surface area contributed by atoms with Crippen LogP contribution in [0.5, 0.6) is 0 Å². The van der Waals surface area contributed by atoms with Gasteiger partial charge >= 0.3 is 0 Å². The minimum absolute atomic E-state index is 0.175. The average molecular weight is 169 g/mol. The molecule has 4 heteroatoms. The predicted octanol–water partition coefficient (Wildman–Crippen LogP) is 0.636. The van der Waals surface area contributed by atoms with Gasteiger partial charge in [-0.25, -0.2) is 4.39 Å². The maximum atomic E-state index is 13.2. The van der Waals surface area contributed by atoms with E-state index in [0.717, 1.165) is 19.5 Å². The highest BCUT2D eigenvalue weighted by Crippen LogP contribution is 2.22. The van der Waals surface area contributed by atoms with Crippen LogP contribution in [0.3, 0.4) is 0 Å². The fourth-order valence-electron chi connectivity index (χ4n) is 1.64. The number of aryl methyl sites for hydroxylation is 1. The second-order valence-electron chi connectivity index (χ2n) is 3.23. The molecule has 1 aromatic rings. The molecule has 2 heterocycles. The van der Waals surface area contributed by atoms with Crippen molar-refractivity contribution in [2.45, 2.75) is 12.3 Å². The van der Waals surface area contributed by atoms with Crippen molar-refractivity contribution in [3.05, 3.63) is 17.7 Å². The summed E-state index contributed by atoms with van der Waals surface area (Å²) in [5, 5.41) is 7.29. The summed E-state index contributed by atoms with van der Waals surface area (Å²) in [7, 11) is 1.74. The van der Waals surface area contributed by atoms with Gasteiger partial charge in [-0.3, -0.25) is 4.68 Å². The van der Waals surface area contributed by atoms with E-state index in [1.54, 1.807) is 7.05 Å². The quantitative estimate of drug-likeness (QED) is 0.668. The van der Waals surface area contributed by atoms with Crippen LogP contribution in [0.1, 0.15) is 18.0 Å². The van der Waals surface area contributed by atoms with Crippen LogP contribution < -0.4 is 5.32 Å². The zero-order valence-corrected chi connectivity index (χ0v) is 7.05. The topological polar surface area (TPSA) is 29.9 Å². The molecule has 3 nitrogen and oxygen atoms in total. The molecule has 1 aromatic heterocycles. The van der Waals surface area contributed by atoms with Gasteiger partial charge < -0.3 is 5.32 Å². The molecule has 1 unspecified atom stereocenters. The number of hydrogen-bond donors (Lipinski definition) is 1. The number of halogens is 1. The maximum Gasteiger partial charge on any atom is 0.164 e. The van der Waals surface area contributed by atoms with Crippen LogP contribution in [0.2, 0.25) is 0 Å². The standard InChI is InChI=1S/C8H12FN3/c1-12-5-7(9)8(11-12)6-2-3-10-4-6/h5-6,10H,2-4H2,1H3. The van der Waals surface area contributed by atoms with Crippen molar-refractivity contribution >= 4 is 0 Å². The summed E-state index contributed by atoms with van der Waals surface area (Å²) in [4.78, 5) is 0. The first-order chi connectivity index (χ1) is 5.77. The molecule has 0 aromatic carbocycles. The van der Waals surface area contributed by atoms with Crippen LogP contribution in [0.15, 0.2) is 6.20 Å². The molecule has 1 aliphatic heterocycles. The molecule has 0 amide bonds. The molecule has 1 N–H and O–H groups in total. The Hall–Kier alpha value is -0.900. The maximum absolute atomic E-state index is 13.2. The summed E-state index contributed by atoms with van der Waals surface area (Å²) in [6, 6.07) is 0. The van der Waals surface area contributed by atoms with Gasteiger partial charge in [-0.2, -0.15) is 5.10 Å². The van der Waals surface area contributed by atoms with Crippen molar-refractivity contribution in [2.75, 3.05) is 13.1 Å². The van der Waals surface area contributed by atoms with E-state index in [2.05, 4.69) is 10.4 Å². The molecule has 1 aliphatic rings. The summed E-state index contributed by atoms with van der Waals surface area (Å²) >= 11 is 0. The summed E-state index contributed by atoms with van der Waals surface area (Å²) < 4.78 is 14.7. The first-order valence-electron chi connectivity index (χ1n) is 4.17. The zero-order chi connectivity index (χ0) is 8.55. The van der Waals surface area contributed by atoms with E-state index in [0.29, 0.717) is 5.69 Å². The van der Waals surface area contributed by atoms with Gasteiger partial charge in [0, 0.05) is 19.5 Å². The van der Waals surface area contributed by atoms with E-state index in [-0.39, 0.29) is 11.7 Å². The van der Waals surface area contributed by atoms with Gasteiger partial charge in [-0.15, -0.1) is 0 Å². The Morgan fingerprint density at radius 3 is 3.08 bits per heavy atom. The van der Waals surface area contributed by atoms with E-state index >= 15 is 0 Å². The lowest BCUT2D eigenvalue weighted by Crippen LogP contribution is -2.09. The molecule has 0 bridgehead atoms. The summed E-state index contributed by atoms with van der Waals surface area (Å²) in [5.74, 6) is 0.0948. The molecule has 0 aliphatic carbocycles. The number of aromatic nitrogens is 2. The van der Waals surface area contributed by atoms with Gasteiger partial charge in [0.25, 0.3) is 0 Å². The highest BCUT2D eigenvalue weighted by molar-refractivity contribution is 5.11. The largest absolute Gasteiger partial charge is 0.316 e. The highest BCUT2D eigenvalue weighted by Gasteiger charge is 2.22. The van der Waals surface area contributed by atoms with Crippen molar-refractivity contribution < 1.29 is 4.39 Å². The summed E-state index contributed by atoms with van der Waals surface area (Å²) in [6.45, 7) is 1.83. The first kappa shape index (κ1) is 7.73. The lowest BCUT2D eigenvalue weighted by atomic mass is 10.1. The Morgan fingerprint density at radius 2 is 2.58 bits per heavy atom. The lowest BCUT2D eigenvalue weighted by molar-refractivity contribution is 0.585. The van der Waals surface area contributed by atoms with Gasteiger partial charge in [0.2, 0.25) is 0 Å². The van der Waals surface area contributed by atoms with E-state index < -0.39 is 0 Å². The summed E-state index contributed by atoms with van der Waals surface area (Å²) in [5.41, 5.74) is 0.613. The number of rotatable bonds is 1. The molecule has 1 atom stereocenters. The third-order valence-corrected chi connectivity index (χ3v) is 2.26. The van der Waals surface area contributed by atoms with Crippen molar-refractivity contribution in [3.8, 4) is 0 Å². The molecule has 66 valence electrons.